The van der Waals surface area contributed by atoms with Gasteiger partial charge in [0.05, 0.1) is 18.1 Å². The second-order valence-corrected chi connectivity index (χ2v) is 9.15. The van der Waals surface area contributed by atoms with Gasteiger partial charge in [-0.3, -0.25) is 4.79 Å². The Morgan fingerprint density at radius 2 is 1.81 bits per heavy atom. The van der Waals surface area contributed by atoms with Crippen molar-refractivity contribution < 1.29 is 0 Å². The average molecular weight is 434 g/mol. The Bertz CT molecular complexity index is 1130. The van der Waals surface area contributed by atoms with Gasteiger partial charge in [-0.05, 0) is 68.6 Å². The lowest BCUT2D eigenvalue weighted by Gasteiger charge is -2.33. The van der Waals surface area contributed by atoms with Crippen molar-refractivity contribution in [3.63, 3.8) is 0 Å². The fourth-order valence-electron chi connectivity index (χ4n) is 4.60. The molecule has 162 valence electrons. The molecule has 31 heavy (non-hydrogen) atoms. The number of pyridine rings is 1. The summed E-state index contributed by atoms with van der Waals surface area (Å²) in [6, 6.07) is 17.0. The smallest absolute Gasteiger partial charge is 0.253 e. The van der Waals surface area contributed by atoms with E-state index in [4.69, 9.17) is 12.2 Å². The Balaban J connectivity index is 1.63. The van der Waals surface area contributed by atoms with E-state index in [1.165, 1.54) is 24.0 Å². The van der Waals surface area contributed by atoms with Crippen molar-refractivity contribution in [3.05, 3.63) is 81.1 Å². The van der Waals surface area contributed by atoms with E-state index in [0.29, 0.717) is 12.6 Å². The Labute approximate surface area is 189 Å². The first-order valence-corrected chi connectivity index (χ1v) is 11.6. The summed E-state index contributed by atoms with van der Waals surface area (Å²) in [5.41, 5.74) is 5.13. The van der Waals surface area contributed by atoms with Gasteiger partial charge in [-0.1, -0.05) is 55.3 Å². The summed E-state index contributed by atoms with van der Waals surface area (Å²) in [4.78, 5) is 18.3. The standard InChI is InChI=1S/C26H31N3OS/c1-17-13-14-18(2)24-23(17)15-21(25(30)28-24)16-29(22-11-7-8-12-22)26(31)27-19(3)20-9-5-4-6-10-20/h4-6,9-10,13-15,19,22H,7-8,11-12,16H2,1-3H3,(H,27,31)(H,28,30)/t19-/m0/s1. The predicted molar refractivity (Wildman–Crippen MR) is 132 cm³/mol. The lowest BCUT2D eigenvalue weighted by atomic mass is 10.0. The average Bonchev–Trinajstić information content (AvgIpc) is 3.30. The maximum Gasteiger partial charge on any atom is 0.253 e. The van der Waals surface area contributed by atoms with Crippen LogP contribution in [-0.2, 0) is 6.54 Å². The molecule has 0 bridgehead atoms. The van der Waals surface area contributed by atoms with Crippen LogP contribution in [0.3, 0.4) is 0 Å². The van der Waals surface area contributed by atoms with Crippen molar-refractivity contribution in [2.75, 3.05) is 0 Å². The van der Waals surface area contributed by atoms with E-state index in [1.54, 1.807) is 0 Å². The molecule has 0 saturated heterocycles. The summed E-state index contributed by atoms with van der Waals surface area (Å²) in [5, 5.41) is 5.35. The van der Waals surface area contributed by atoms with Gasteiger partial charge >= 0.3 is 0 Å². The molecule has 0 unspecified atom stereocenters. The number of rotatable bonds is 5. The molecule has 1 heterocycles. The van der Waals surface area contributed by atoms with Crippen LogP contribution in [0.15, 0.2) is 53.3 Å². The molecule has 4 nitrogen and oxygen atoms in total. The lowest BCUT2D eigenvalue weighted by Crippen LogP contribution is -2.46. The second kappa shape index (κ2) is 9.23. The molecule has 1 aliphatic carbocycles. The van der Waals surface area contributed by atoms with Gasteiger partial charge in [-0.2, -0.15) is 0 Å². The van der Waals surface area contributed by atoms with Gasteiger partial charge in [0, 0.05) is 17.0 Å². The topological polar surface area (TPSA) is 48.1 Å². The van der Waals surface area contributed by atoms with Gasteiger partial charge in [0.1, 0.15) is 0 Å². The fourth-order valence-corrected chi connectivity index (χ4v) is 4.99. The summed E-state index contributed by atoms with van der Waals surface area (Å²) >= 11 is 5.88. The quantitative estimate of drug-likeness (QED) is 0.520. The maximum atomic E-state index is 13.0. The molecular formula is C26H31N3OS. The van der Waals surface area contributed by atoms with E-state index >= 15 is 0 Å². The van der Waals surface area contributed by atoms with Crippen LogP contribution in [0.25, 0.3) is 10.9 Å². The number of nitrogens with zero attached hydrogens (tertiary/aromatic N) is 1. The number of fused-ring (bicyclic) bond motifs is 1. The molecule has 1 fully saturated rings. The third-order valence-corrected chi connectivity index (χ3v) is 6.88. The summed E-state index contributed by atoms with van der Waals surface area (Å²) in [6.07, 6.45) is 4.66. The molecule has 0 amide bonds. The molecule has 0 aliphatic heterocycles. The van der Waals surface area contributed by atoms with Crippen LogP contribution in [0.5, 0.6) is 0 Å². The Hall–Kier alpha value is -2.66. The normalized spacial score (nSPS) is 15.2. The monoisotopic (exact) mass is 433 g/mol. The zero-order chi connectivity index (χ0) is 22.0. The first-order valence-electron chi connectivity index (χ1n) is 11.2. The van der Waals surface area contributed by atoms with E-state index in [0.717, 1.165) is 40.0 Å². The van der Waals surface area contributed by atoms with Crippen molar-refractivity contribution >= 4 is 28.2 Å². The number of aromatic amines is 1. The summed E-state index contributed by atoms with van der Waals surface area (Å²) in [6.45, 7) is 6.78. The Morgan fingerprint density at radius 1 is 1.13 bits per heavy atom. The van der Waals surface area contributed by atoms with Crippen LogP contribution in [0.1, 0.15) is 60.9 Å². The van der Waals surface area contributed by atoms with Crippen LogP contribution in [0, 0.1) is 13.8 Å². The van der Waals surface area contributed by atoms with Gasteiger partial charge < -0.3 is 15.2 Å². The van der Waals surface area contributed by atoms with Gasteiger partial charge in [0.2, 0.25) is 0 Å². The predicted octanol–water partition coefficient (Wildman–Crippen LogP) is 5.53. The van der Waals surface area contributed by atoms with Crippen molar-refractivity contribution in [2.24, 2.45) is 0 Å². The second-order valence-electron chi connectivity index (χ2n) is 8.76. The molecule has 1 atom stereocenters. The highest BCUT2D eigenvalue weighted by atomic mass is 32.1. The summed E-state index contributed by atoms with van der Waals surface area (Å²) < 4.78 is 0. The van der Waals surface area contributed by atoms with Crippen molar-refractivity contribution in [2.45, 2.75) is 65.1 Å². The minimum absolute atomic E-state index is 0.0249. The molecule has 1 aliphatic rings. The van der Waals surface area contributed by atoms with Gasteiger partial charge in [0.15, 0.2) is 5.11 Å². The number of benzene rings is 2. The van der Waals surface area contributed by atoms with E-state index < -0.39 is 0 Å². The Morgan fingerprint density at radius 3 is 2.52 bits per heavy atom. The molecule has 1 aromatic heterocycles. The number of thiocarbonyl (C=S) groups is 1. The summed E-state index contributed by atoms with van der Waals surface area (Å²) in [5.74, 6) is 0. The largest absolute Gasteiger partial charge is 0.356 e. The number of aromatic nitrogens is 1. The number of nitrogens with one attached hydrogen (secondary N) is 2. The van der Waals surface area contributed by atoms with Crippen molar-refractivity contribution in [3.8, 4) is 0 Å². The van der Waals surface area contributed by atoms with Crippen LogP contribution in [0.2, 0.25) is 0 Å². The SMILES string of the molecule is Cc1ccc(C)c2[nH]c(=O)c(CN(C(=S)N[C@@H](C)c3ccccc3)C3CCCC3)cc12. The van der Waals surface area contributed by atoms with Crippen molar-refractivity contribution in [1.29, 1.82) is 0 Å². The molecule has 2 aromatic carbocycles. The zero-order valence-electron chi connectivity index (χ0n) is 18.6. The zero-order valence-corrected chi connectivity index (χ0v) is 19.4. The van der Waals surface area contributed by atoms with Crippen LogP contribution >= 0.6 is 12.2 Å². The van der Waals surface area contributed by atoms with E-state index in [-0.39, 0.29) is 11.6 Å². The maximum absolute atomic E-state index is 13.0. The third-order valence-electron chi connectivity index (χ3n) is 6.53. The summed E-state index contributed by atoms with van der Waals surface area (Å²) in [7, 11) is 0. The first-order chi connectivity index (χ1) is 14.9. The van der Waals surface area contributed by atoms with Crippen molar-refractivity contribution in [1.82, 2.24) is 15.2 Å². The molecule has 5 heteroatoms. The molecule has 4 rings (SSSR count). The lowest BCUT2D eigenvalue weighted by molar-refractivity contribution is 0.300. The van der Waals surface area contributed by atoms with Gasteiger partial charge in [-0.25, -0.2) is 0 Å². The van der Waals surface area contributed by atoms with Gasteiger partial charge in [-0.15, -0.1) is 0 Å². The molecular weight excluding hydrogens is 402 g/mol. The highest BCUT2D eigenvalue weighted by molar-refractivity contribution is 7.80. The van der Waals surface area contributed by atoms with Crippen LogP contribution in [-0.4, -0.2) is 21.0 Å². The number of hydrogen-bond donors (Lipinski definition) is 2. The number of hydrogen-bond acceptors (Lipinski definition) is 2. The minimum atomic E-state index is -0.0249. The van der Waals surface area contributed by atoms with Crippen LogP contribution < -0.4 is 10.9 Å². The molecule has 2 N–H and O–H groups in total. The molecule has 1 saturated carbocycles. The number of H-pyrrole nitrogens is 1. The van der Waals surface area contributed by atoms with E-state index in [2.05, 4.69) is 59.4 Å². The van der Waals surface area contributed by atoms with Gasteiger partial charge in [0.25, 0.3) is 5.56 Å². The fraction of sp³-hybridized carbons (Fsp3) is 0.385. The molecule has 3 aromatic rings. The Kier molecular flexibility index (Phi) is 6.42. The van der Waals surface area contributed by atoms with E-state index in [9.17, 15) is 4.79 Å². The minimum Gasteiger partial charge on any atom is -0.356 e. The third kappa shape index (κ3) is 4.67. The van der Waals surface area contributed by atoms with Crippen LogP contribution in [0.4, 0.5) is 0 Å². The molecule has 0 spiro atoms. The van der Waals surface area contributed by atoms with E-state index in [1.807, 2.05) is 25.1 Å². The highest BCUT2D eigenvalue weighted by Crippen LogP contribution is 2.26. The highest BCUT2D eigenvalue weighted by Gasteiger charge is 2.26. The first kappa shape index (κ1) is 21.6. The number of aryl methyl sites for hydroxylation is 2. The molecule has 0 radical (unpaired) electrons.